The molecule has 12 heteroatoms. The lowest BCUT2D eigenvalue weighted by Gasteiger charge is -2.14. The van der Waals surface area contributed by atoms with Crippen molar-refractivity contribution in [2.45, 2.75) is 45.2 Å². The lowest BCUT2D eigenvalue weighted by atomic mass is 10.1. The van der Waals surface area contributed by atoms with Crippen LogP contribution in [0.1, 0.15) is 52.9 Å². The van der Waals surface area contributed by atoms with Crippen molar-refractivity contribution in [2.24, 2.45) is 0 Å². The minimum atomic E-state index is -1.02. The molecule has 3 heterocycles. The fourth-order valence-electron chi connectivity index (χ4n) is 4.27. The standard InChI is InChI=1S/C28H30N2O9S/c1-36-21-11-17-15-30(26(33)5-3-8-31)16-18(17)12-22(21)38-9-4-10-39-28-23(37-2)14-24-19(29-28)13-25(40-24)20(32)6-7-27(34)35/h8,11-14H,3-7,9-10,15-16H2,1-2H3,(H,34,35). The summed E-state index contributed by atoms with van der Waals surface area (Å²) in [5.41, 5.74) is 2.53. The van der Waals surface area contributed by atoms with Crippen LogP contribution in [0.25, 0.3) is 10.2 Å². The number of carbonyl (C=O) groups is 4. The fourth-order valence-corrected chi connectivity index (χ4v) is 5.27. The Kier molecular flexibility index (Phi) is 9.54. The first kappa shape index (κ1) is 28.8. The molecule has 3 aromatic rings. The predicted molar refractivity (Wildman–Crippen MR) is 146 cm³/mol. The summed E-state index contributed by atoms with van der Waals surface area (Å²) < 4.78 is 23.5. The van der Waals surface area contributed by atoms with E-state index >= 15 is 0 Å². The van der Waals surface area contributed by atoms with E-state index in [1.165, 1.54) is 18.4 Å². The maximum Gasteiger partial charge on any atom is 0.303 e. The normalized spacial score (nSPS) is 12.2. The summed E-state index contributed by atoms with van der Waals surface area (Å²) in [7, 11) is 3.06. The number of hydrogen-bond acceptors (Lipinski definition) is 10. The van der Waals surface area contributed by atoms with Gasteiger partial charge in [0.1, 0.15) is 6.29 Å². The second kappa shape index (κ2) is 13.2. The van der Waals surface area contributed by atoms with Gasteiger partial charge in [-0.1, -0.05) is 0 Å². The van der Waals surface area contributed by atoms with Gasteiger partial charge in [0.2, 0.25) is 5.91 Å². The molecule has 11 nitrogen and oxygen atoms in total. The number of fused-ring (bicyclic) bond motifs is 2. The number of benzene rings is 1. The van der Waals surface area contributed by atoms with Gasteiger partial charge in [-0.2, -0.15) is 0 Å². The van der Waals surface area contributed by atoms with E-state index in [4.69, 9.17) is 24.1 Å². The van der Waals surface area contributed by atoms with E-state index < -0.39 is 5.97 Å². The Morgan fingerprint density at radius 2 is 1.65 bits per heavy atom. The maximum atomic E-state index is 12.3. The number of ether oxygens (including phenoxy) is 4. The smallest absolute Gasteiger partial charge is 0.303 e. The van der Waals surface area contributed by atoms with Gasteiger partial charge >= 0.3 is 5.97 Å². The number of Topliss-reactive ketones (excluding diaryl/α,β-unsaturated/α-hetero) is 1. The number of carboxylic acids is 1. The number of amides is 1. The lowest BCUT2D eigenvalue weighted by molar-refractivity contribution is -0.137. The third-order valence-electron chi connectivity index (χ3n) is 6.32. The first-order valence-corrected chi connectivity index (χ1v) is 13.5. The van der Waals surface area contributed by atoms with Crippen LogP contribution >= 0.6 is 11.3 Å². The van der Waals surface area contributed by atoms with Gasteiger partial charge in [0, 0.05) is 44.8 Å². The Morgan fingerprint density at radius 1 is 0.950 bits per heavy atom. The van der Waals surface area contributed by atoms with Gasteiger partial charge in [-0.15, -0.1) is 11.3 Å². The van der Waals surface area contributed by atoms with E-state index in [-0.39, 0.29) is 49.9 Å². The predicted octanol–water partition coefficient (Wildman–Crippen LogP) is 4.03. The Morgan fingerprint density at radius 3 is 2.33 bits per heavy atom. The summed E-state index contributed by atoms with van der Waals surface area (Å²) in [6.07, 6.45) is 1.39. The number of hydrogen-bond donors (Lipinski definition) is 1. The number of rotatable bonds is 15. The number of ketones is 1. The zero-order valence-electron chi connectivity index (χ0n) is 22.3. The summed E-state index contributed by atoms with van der Waals surface area (Å²) >= 11 is 1.23. The Bertz CT molecular complexity index is 1420. The van der Waals surface area contributed by atoms with Crippen LogP contribution < -0.4 is 18.9 Å². The van der Waals surface area contributed by atoms with Crippen molar-refractivity contribution in [1.29, 1.82) is 0 Å². The van der Waals surface area contributed by atoms with Gasteiger partial charge in [0.05, 0.1) is 48.9 Å². The zero-order valence-corrected chi connectivity index (χ0v) is 23.1. The molecule has 1 aliphatic rings. The number of carboxylic acid groups (broad SMARTS) is 1. The van der Waals surface area contributed by atoms with Gasteiger partial charge in [-0.3, -0.25) is 14.4 Å². The van der Waals surface area contributed by atoms with Crippen molar-refractivity contribution in [3.63, 3.8) is 0 Å². The molecule has 40 heavy (non-hydrogen) atoms. The molecule has 1 aromatic carbocycles. The monoisotopic (exact) mass is 570 g/mol. The quantitative estimate of drug-likeness (QED) is 0.162. The van der Waals surface area contributed by atoms with Crippen LogP contribution in [0.4, 0.5) is 0 Å². The van der Waals surface area contributed by atoms with Gasteiger partial charge in [-0.25, -0.2) is 4.98 Å². The van der Waals surface area contributed by atoms with Crippen LogP contribution in [0.15, 0.2) is 24.3 Å². The van der Waals surface area contributed by atoms with E-state index in [0.717, 1.165) is 22.1 Å². The molecule has 0 bridgehead atoms. The molecular formula is C28H30N2O9S. The van der Waals surface area contributed by atoms with Crippen LogP contribution in [0.3, 0.4) is 0 Å². The molecule has 212 valence electrons. The highest BCUT2D eigenvalue weighted by Crippen LogP contribution is 2.36. The largest absolute Gasteiger partial charge is 0.493 e. The van der Waals surface area contributed by atoms with Gasteiger partial charge in [0.25, 0.3) is 5.88 Å². The molecule has 0 fully saturated rings. The average Bonchev–Trinajstić information content (AvgIpc) is 3.56. The van der Waals surface area contributed by atoms with Crippen molar-refractivity contribution in [3.8, 4) is 23.1 Å². The topological polar surface area (TPSA) is 142 Å². The Balaban J connectivity index is 1.33. The molecule has 1 amide bonds. The maximum absolute atomic E-state index is 12.3. The molecule has 0 radical (unpaired) electrons. The summed E-state index contributed by atoms with van der Waals surface area (Å²) in [5.74, 6) is 0.518. The number of thiophene rings is 1. The van der Waals surface area contributed by atoms with Crippen LogP contribution in [0, 0.1) is 0 Å². The molecule has 0 aliphatic carbocycles. The van der Waals surface area contributed by atoms with Crippen molar-refractivity contribution < 1.29 is 43.2 Å². The summed E-state index contributed by atoms with van der Waals surface area (Å²) in [5, 5.41) is 8.82. The molecule has 1 aliphatic heterocycles. The van der Waals surface area contributed by atoms with Crippen LogP contribution in [0.2, 0.25) is 0 Å². The minimum Gasteiger partial charge on any atom is -0.493 e. The highest BCUT2D eigenvalue weighted by atomic mass is 32.1. The van der Waals surface area contributed by atoms with E-state index in [1.54, 1.807) is 24.1 Å². The molecule has 2 aromatic heterocycles. The SMILES string of the molecule is COc1cc2c(cc1OCCCOc1nc3cc(C(=O)CCC(=O)O)sc3cc1OC)CN(C(=O)CCC=O)C2. The van der Waals surface area contributed by atoms with Gasteiger partial charge < -0.3 is 33.7 Å². The third kappa shape index (κ3) is 6.87. The number of carbonyl (C=O) groups excluding carboxylic acids is 3. The number of aliphatic carboxylic acids is 1. The molecule has 0 saturated carbocycles. The number of aldehydes is 1. The minimum absolute atomic E-state index is 0.0624. The first-order valence-electron chi connectivity index (χ1n) is 12.7. The molecule has 0 saturated heterocycles. The number of methoxy groups -OCH3 is 2. The van der Waals surface area contributed by atoms with E-state index in [0.29, 0.717) is 53.8 Å². The second-order valence-electron chi connectivity index (χ2n) is 9.08. The van der Waals surface area contributed by atoms with E-state index in [2.05, 4.69) is 4.98 Å². The molecule has 0 unspecified atom stereocenters. The van der Waals surface area contributed by atoms with Crippen molar-refractivity contribution >= 4 is 45.5 Å². The molecule has 0 spiro atoms. The lowest BCUT2D eigenvalue weighted by Crippen LogP contribution is -2.24. The first-order chi connectivity index (χ1) is 19.3. The summed E-state index contributed by atoms with van der Waals surface area (Å²) in [6, 6.07) is 7.14. The van der Waals surface area contributed by atoms with Gasteiger partial charge in [0.15, 0.2) is 23.0 Å². The molecule has 0 atom stereocenters. The number of nitrogens with zero attached hydrogens (tertiary/aromatic N) is 2. The van der Waals surface area contributed by atoms with Crippen LogP contribution in [-0.4, -0.2) is 66.4 Å². The van der Waals surface area contributed by atoms with Crippen molar-refractivity contribution in [1.82, 2.24) is 9.88 Å². The Hall–Kier alpha value is -4.19. The third-order valence-corrected chi connectivity index (χ3v) is 7.43. The van der Waals surface area contributed by atoms with Crippen molar-refractivity contribution in [3.05, 3.63) is 40.3 Å². The van der Waals surface area contributed by atoms with Crippen LogP contribution in [0.5, 0.6) is 23.1 Å². The highest BCUT2D eigenvalue weighted by Gasteiger charge is 2.25. The van der Waals surface area contributed by atoms with Crippen molar-refractivity contribution in [2.75, 3.05) is 27.4 Å². The zero-order chi connectivity index (χ0) is 28.6. The van der Waals surface area contributed by atoms with E-state index in [9.17, 15) is 19.2 Å². The summed E-state index contributed by atoms with van der Waals surface area (Å²) in [6.45, 7) is 1.55. The molecular weight excluding hydrogens is 540 g/mol. The number of aromatic nitrogens is 1. The molecule has 4 rings (SSSR count). The fraction of sp³-hybridized carbons (Fsp3) is 0.393. The number of pyridine rings is 1. The Labute approximate surface area is 234 Å². The second-order valence-corrected chi connectivity index (χ2v) is 10.2. The highest BCUT2D eigenvalue weighted by molar-refractivity contribution is 7.20. The van der Waals surface area contributed by atoms with Gasteiger partial charge in [-0.05, 0) is 29.3 Å². The average molecular weight is 571 g/mol. The van der Waals surface area contributed by atoms with Crippen LogP contribution in [-0.2, 0) is 27.5 Å². The summed E-state index contributed by atoms with van der Waals surface area (Å²) in [4.78, 5) is 52.6. The molecule has 1 N–H and O–H groups in total. The van der Waals surface area contributed by atoms with E-state index in [1.807, 2.05) is 12.1 Å².